The minimum atomic E-state index is -0.135. The van der Waals surface area contributed by atoms with Crippen molar-refractivity contribution in [2.24, 2.45) is 0 Å². The van der Waals surface area contributed by atoms with Crippen molar-refractivity contribution in [3.05, 3.63) is 52.1 Å². The Hall–Kier alpha value is -1.82. The Morgan fingerprint density at radius 1 is 1.21 bits per heavy atom. The maximum Gasteiger partial charge on any atom is 0.251 e. The van der Waals surface area contributed by atoms with E-state index in [2.05, 4.69) is 20.5 Å². The van der Waals surface area contributed by atoms with E-state index in [9.17, 15) is 4.79 Å². The Kier molecular flexibility index (Phi) is 6.85. The van der Waals surface area contributed by atoms with Gasteiger partial charge in [-0.3, -0.25) is 4.79 Å². The molecule has 0 aliphatic carbocycles. The number of carbonyl (C=O) groups is 1. The van der Waals surface area contributed by atoms with Crippen molar-refractivity contribution in [2.75, 3.05) is 32.5 Å². The van der Waals surface area contributed by atoms with Gasteiger partial charge in [0.05, 0.1) is 15.7 Å². The lowest BCUT2D eigenvalue weighted by molar-refractivity contribution is 0.0952. The van der Waals surface area contributed by atoms with Crippen molar-refractivity contribution in [2.45, 2.75) is 6.42 Å². The normalized spacial score (nSPS) is 10.7. The molecule has 0 fully saturated rings. The second-order valence-electron chi connectivity index (χ2n) is 5.56. The second kappa shape index (κ2) is 8.87. The van der Waals surface area contributed by atoms with E-state index < -0.39 is 0 Å². The van der Waals surface area contributed by atoms with Crippen molar-refractivity contribution < 1.29 is 4.79 Å². The van der Waals surface area contributed by atoms with E-state index in [1.165, 1.54) is 0 Å². The van der Waals surface area contributed by atoms with Crippen molar-refractivity contribution in [3.63, 3.8) is 0 Å². The predicted molar refractivity (Wildman–Crippen MR) is 99.5 cm³/mol. The number of pyridine rings is 1. The zero-order valence-electron chi connectivity index (χ0n) is 13.6. The van der Waals surface area contributed by atoms with Crippen LogP contribution in [0.25, 0.3) is 0 Å². The second-order valence-corrected chi connectivity index (χ2v) is 6.38. The average Bonchev–Trinajstić information content (AvgIpc) is 2.55. The summed E-state index contributed by atoms with van der Waals surface area (Å²) in [5.74, 6) is 0.371. The quantitative estimate of drug-likeness (QED) is 0.731. The first-order valence-corrected chi connectivity index (χ1v) is 8.33. The van der Waals surface area contributed by atoms with Gasteiger partial charge in [-0.15, -0.1) is 0 Å². The molecule has 1 aromatic carbocycles. The van der Waals surface area contributed by atoms with Crippen LogP contribution in [-0.4, -0.2) is 43.0 Å². The summed E-state index contributed by atoms with van der Waals surface area (Å²) in [6.07, 6.45) is 2.46. The van der Waals surface area contributed by atoms with Crippen LogP contribution in [0.1, 0.15) is 16.8 Å². The molecule has 2 rings (SSSR count). The SMILES string of the molecule is CN(C)CCCNC(=O)c1ccnc(Nc2c(Cl)cccc2Cl)c1. The Bertz CT molecular complexity index is 686. The van der Waals surface area contributed by atoms with Gasteiger partial charge in [0.1, 0.15) is 5.82 Å². The van der Waals surface area contributed by atoms with Gasteiger partial charge in [0.2, 0.25) is 0 Å². The number of amides is 1. The van der Waals surface area contributed by atoms with E-state index in [1.54, 1.807) is 36.5 Å². The fourth-order valence-corrected chi connectivity index (χ4v) is 2.58. The van der Waals surface area contributed by atoms with Gasteiger partial charge in [-0.1, -0.05) is 29.3 Å². The first-order valence-electron chi connectivity index (χ1n) is 7.57. The third kappa shape index (κ3) is 5.37. The van der Waals surface area contributed by atoms with Crippen LogP contribution in [0.2, 0.25) is 10.0 Å². The molecular weight excluding hydrogens is 347 g/mol. The van der Waals surface area contributed by atoms with Crippen LogP contribution in [0, 0.1) is 0 Å². The van der Waals surface area contributed by atoms with Gasteiger partial charge in [-0.05, 0) is 51.3 Å². The Morgan fingerprint density at radius 3 is 2.58 bits per heavy atom. The molecule has 2 N–H and O–H groups in total. The molecule has 0 saturated carbocycles. The van der Waals surface area contributed by atoms with Crippen molar-refractivity contribution >= 4 is 40.6 Å². The largest absolute Gasteiger partial charge is 0.352 e. The van der Waals surface area contributed by atoms with E-state index in [4.69, 9.17) is 23.2 Å². The van der Waals surface area contributed by atoms with Crippen LogP contribution >= 0.6 is 23.2 Å². The first-order chi connectivity index (χ1) is 11.5. The molecule has 0 bridgehead atoms. The van der Waals surface area contributed by atoms with Crippen LogP contribution < -0.4 is 10.6 Å². The van der Waals surface area contributed by atoms with Gasteiger partial charge in [0, 0.05) is 18.3 Å². The molecule has 0 aliphatic heterocycles. The molecule has 2 aromatic rings. The number of halogens is 2. The molecule has 0 atom stereocenters. The topological polar surface area (TPSA) is 57.3 Å². The highest BCUT2D eigenvalue weighted by molar-refractivity contribution is 6.39. The van der Waals surface area contributed by atoms with E-state index in [-0.39, 0.29) is 5.91 Å². The molecule has 0 spiro atoms. The van der Waals surface area contributed by atoms with E-state index in [0.29, 0.717) is 33.7 Å². The van der Waals surface area contributed by atoms with Crippen molar-refractivity contribution in [1.82, 2.24) is 15.2 Å². The summed E-state index contributed by atoms with van der Waals surface area (Å²) in [5.41, 5.74) is 1.09. The summed E-state index contributed by atoms with van der Waals surface area (Å²) >= 11 is 12.3. The van der Waals surface area contributed by atoms with Gasteiger partial charge in [-0.2, -0.15) is 0 Å². The smallest absolute Gasteiger partial charge is 0.251 e. The Balaban J connectivity index is 2.02. The standard InChI is InChI=1S/C17H20Cl2N4O/c1-23(2)10-4-8-21-17(24)12-7-9-20-15(11-12)22-16-13(18)5-3-6-14(16)19/h3,5-7,9,11H,4,8,10H2,1-2H3,(H,20,22)(H,21,24). The minimum absolute atomic E-state index is 0.135. The highest BCUT2D eigenvalue weighted by Gasteiger charge is 2.09. The van der Waals surface area contributed by atoms with Crippen molar-refractivity contribution in [3.8, 4) is 0 Å². The summed E-state index contributed by atoms with van der Waals surface area (Å²) in [4.78, 5) is 18.5. The van der Waals surface area contributed by atoms with Gasteiger partial charge in [0.15, 0.2) is 0 Å². The molecule has 0 aliphatic rings. The third-order valence-electron chi connectivity index (χ3n) is 3.31. The summed E-state index contributed by atoms with van der Waals surface area (Å²) < 4.78 is 0. The lowest BCUT2D eigenvalue weighted by Gasteiger charge is -2.11. The van der Waals surface area contributed by atoms with E-state index in [0.717, 1.165) is 13.0 Å². The predicted octanol–water partition coefficient (Wildman–Crippen LogP) is 3.81. The zero-order chi connectivity index (χ0) is 17.5. The molecule has 1 heterocycles. The minimum Gasteiger partial charge on any atom is -0.352 e. The maximum atomic E-state index is 12.2. The van der Waals surface area contributed by atoms with Gasteiger partial charge in [0.25, 0.3) is 5.91 Å². The molecule has 0 radical (unpaired) electrons. The lowest BCUT2D eigenvalue weighted by Crippen LogP contribution is -2.27. The number of nitrogens with zero attached hydrogens (tertiary/aromatic N) is 2. The van der Waals surface area contributed by atoms with Crippen LogP contribution in [0.3, 0.4) is 0 Å². The van der Waals surface area contributed by atoms with Crippen LogP contribution in [0.4, 0.5) is 11.5 Å². The number of benzene rings is 1. The Morgan fingerprint density at radius 2 is 1.92 bits per heavy atom. The lowest BCUT2D eigenvalue weighted by atomic mass is 10.2. The van der Waals surface area contributed by atoms with Gasteiger partial charge in [-0.25, -0.2) is 4.98 Å². The van der Waals surface area contributed by atoms with Gasteiger partial charge >= 0.3 is 0 Å². The van der Waals surface area contributed by atoms with Crippen LogP contribution in [0.5, 0.6) is 0 Å². The monoisotopic (exact) mass is 366 g/mol. The molecule has 128 valence electrons. The molecule has 0 unspecified atom stereocenters. The number of aromatic nitrogens is 1. The maximum absolute atomic E-state index is 12.2. The van der Waals surface area contributed by atoms with E-state index in [1.807, 2.05) is 14.1 Å². The summed E-state index contributed by atoms with van der Waals surface area (Å²) in [7, 11) is 4.00. The summed E-state index contributed by atoms with van der Waals surface area (Å²) in [6, 6.07) is 8.57. The molecule has 7 heteroatoms. The van der Waals surface area contributed by atoms with Gasteiger partial charge < -0.3 is 15.5 Å². The number of rotatable bonds is 7. The number of anilines is 2. The number of para-hydroxylation sites is 1. The van der Waals surface area contributed by atoms with E-state index >= 15 is 0 Å². The summed E-state index contributed by atoms with van der Waals surface area (Å²) in [6.45, 7) is 1.55. The fraction of sp³-hybridized carbons (Fsp3) is 0.294. The molecule has 0 saturated heterocycles. The Labute approximate surface area is 152 Å². The molecular formula is C17H20Cl2N4O. The highest BCUT2D eigenvalue weighted by atomic mass is 35.5. The third-order valence-corrected chi connectivity index (χ3v) is 3.94. The molecule has 1 aromatic heterocycles. The summed E-state index contributed by atoms with van der Waals surface area (Å²) in [5, 5.41) is 6.93. The molecule has 1 amide bonds. The van der Waals surface area contributed by atoms with Crippen LogP contribution in [-0.2, 0) is 0 Å². The number of hydrogen-bond acceptors (Lipinski definition) is 4. The number of carbonyl (C=O) groups excluding carboxylic acids is 1. The first kappa shape index (κ1) is 18.5. The zero-order valence-corrected chi connectivity index (χ0v) is 15.2. The number of nitrogens with one attached hydrogen (secondary N) is 2. The average molecular weight is 367 g/mol. The molecule has 5 nitrogen and oxygen atoms in total. The number of hydrogen-bond donors (Lipinski definition) is 2. The molecule has 24 heavy (non-hydrogen) atoms. The fourth-order valence-electron chi connectivity index (χ4n) is 2.08. The van der Waals surface area contributed by atoms with Crippen LogP contribution in [0.15, 0.2) is 36.5 Å². The highest BCUT2D eigenvalue weighted by Crippen LogP contribution is 2.32. The van der Waals surface area contributed by atoms with Crippen molar-refractivity contribution in [1.29, 1.82) is 0 Å².